The third kappa shape index (κ3) is 5.70. The summed E-state index contributed by atoms with van der Waals surface area (Å²) in [7, 11) is 1.59. The van der Waals surface area contributed by atoms with Gasteiger partial charge in [-0.2, -0.15) is 0 Å². The highest BCUT2D eigenvalue weighted by Gasteiger charge is 2.23. The molecule has 3 aromatic rings. The van der Waals surface area contributed by atoms with Gasteiger partial charge in [0.25, 0.3) is 5.91 Å². The number of nitrogens with one attached hydrogen (secondary N) is 2. The SMILES string of the molecule is COc1ccc([C@H](NC(=O)Cc2cccs2)C(=O)Nc2ccc(C(C)C)cc2)cc1. The molecule has 0 unspecified atom stereocenters. The number of anilines is 1. The van der Waals surface area contributed by atoms with Crippen LogP contribution in [0, 0.1) is 0 Å². The number of hydrogen-bond acceptors (Lipinski definition) is 4. The largest absolute Gasteiger partial charge is 0.497 e. The first kappa shape index (κ1) is 21.6. The minimum Gasteiger partial charge on any atom is -0.497 e. The van der Waals surface area contributed by atoms with Gasteiger partial charge in [0.05, 0.1) is 13.5 Å². The molecule has 0 bridgehead atoms. The molecule has 0 fully saturated rings. The summed E-state index contributed by atoms with van der Waals surface area (Å²) < 4.78 is 5.20. The molecule has 1 heterocycles. The van der Waals surface area contributed by atoms with Crippen LogP contribution in [0.4, 0.5) is 5.69 Å². The van der Waals surface area contributed by atoms with E-state index in [1.165, 1.54) is 16.9 Å². The van der Waals surface area contributed by atoms with E-state index in [0.717, 1.165) is 4.88 Å². The molecule has 0 saturated carbocycles. The highest BCUT2D eigenvalue weighted by molar-refractivity contribution is 7.10. The molecule has 0 aliphatic carbocycles. The van der Waals surface area contributed by atoms with Crippen molar-refractivity contribution in [3.05, 3.63) is 82.0 Å². The van der Waals surface area contributed by atoms with Crippen LogP contribution in [-0.4, -0.2) is 18.9 Å². The Kier molecular flexibility index (Phi) is 7.25. The fraction of sp³-hybridized carbons (Fsp3) is 0.250. The van der Waals surface area contributed by atoms with Gasteiger partial charge < -0.3 is 15.4 Å². The van der Waals surface area contributed by atoms with E-state index in [9.17, 15) is 9.59 Å². The number of carbonyl (C=O) groups excluding carboxylic acids is 2. The number of carbonyl (C=O) groups is 2. The highest BCUT2D eigenvalue weighted by Crippen LogP contribution is 2.22. The molecule has 0 radical (unpaired) electrons. The van der Waals surface area contributed by atoms with Crippen LogP contribution in [0.25, 0.3) is 0 Å². The lowest BCUT2D eigenvalue weighted by Crippen LogP contribution is -2.37. The van der Waals surface area contributed by atoms with E-state index < -0.39 is 6.04 Å². The molecule has 30 heavy (non-hydrogen) atoms. The lowest BCUT2D eigenvalue weighted by Gasteiger charge is -2.19. The van der Waals surface area contributed by atoms with Crippen LogP contribution in [0.15, 0.2) is 66.0 Å². The van der Waals surface area contributed by atoms with Gasteiger partial charge in [-0.1, -0.05) is 44.2 Å². The molecule has 0 aliphatic rings. The lowest BCUT2D eigenvalue weighted by molar-refractivity contribution is -0.126. The molecular weight excluding hydrogens is 396 g/mol. The summed E-state index contributed by atoms with van der Waals surface area (Å²) in [6.07, 6.45) is 0.237. The quantitative estimate of drug-likeness (QED) is 0.541. The van der Waals surface area contributed by atoms with Crippen LogP contribution < -0.4 is 15.4 Å². The zero-order valence-electron chi connectivity index (χ0n) is 17.3. The zero-order chi connectivity index (χ0) is 21.5. The molecule has 5 nitrogen and oxygen atoms in total. The molecule has 1 aromatic heterocycles. The monoisotopic (exact) mass is 422 g/mol. The van der Waals surface area contributed by atoms with Gasteiger partial charge in [-0.25, -0.2) is 0 Å². The standard InChI is InChI=1S/C24H26N2O3S/c1-16(2)17-6-10-19(11-7-17)25-24(28)23(18-8-12-20(29-3)13-9-18)26-22(27)15-21-5-4-14-30-21/h4-14,16,23H,15H2,1-3H3,(H,25,28)(H,26,27)/t23-/m0/s1. The number of benzene rings is 2. The zero-order valence-corrected chi connectivity index (χ0v) is 18.2. The van der Waals surface area contributed by atoms with Crippen LogP contribution >= 0.6 is 11.3 Å². The number of hydrogen-bond donors (Lipinski definition) is 2. The van der Waals surface area contributed by atoms with Crippen molar-refractivity contribution in [1.29, 1.82) is 0 Å². The van der Waals surface area contributed by atoms with E-state index in [-0.39, 0.29) is 18.2 Å². The van der Waals surface area contributed by atoms with Gasteiger partial charge in [0.15, 0.2) is 0 Å². The smallest absolute Gasteiger partial charge is 0.251 e. The summed E-state index contributed by atoms with van der Waals surface area (Å²) in [5.41, 5.74) is 2.58. The van der Waals surface area contributed by atoms with Gasteiger partial charge >= 0.3 is 0 Å². The molecule has 3 rings (SSSR count). The summed E-state index contributed by atoms with van der Waals surface area (Å²) in [4.78, 5) is 26.6. The normalized spacial score (nSPS) is 11.7. The minimum atomic E-state index is -0.812. The summed E-state index contributed by atoms with van der Waals surface area (Å²) in [5, 5.41) is 7.72. The van der Waals surface area contributed by atoms with Gasteiger partial charge in [-0.15, -0.1) is 11.3 Å². The van der Waals surface area contributed by atoms with Gasteiger partial charge in [-0.3, -0.25) is 9.59 Å². The van der Waals surface area contributed by atoms with Crippen LogP contribution in [0.3, 0.4) is 0 Å². The Morgan fingerprint density at radius 1 is 0.967 bits per heavy atom. The Morgan fingerprint density at radius 2 is 1.63 bits per heavy atom. The van der Waals surface area contributed by atoms with Crippen molar-refractivity contribution in [2.45, 2.75) is 32.2 Å². The first-order valence-corrected chi connectivity index (χ1v) is 10.7. The van der Waals surface area contributed by atoms with E-state index in [4.69, 9.17) is 4.74 Å². The molecule has 2 aromatic carbocycles. The molecule has 1 atom stereocenters. The van der Waals surface area contributed by atoms with Crippen molar-refractivity contribution in [3.63, 3.8) is 0 Å². The summed E-state index contributed by atoms with van der Waals surface area (Å²) in [5.74, 6) is 0.603. The molecule has 0 aliphatic heterocycles. The molecule has 2 N–H and O–H groups in total. The molecule has 0 saturated heterocycles. The Labute approximate surface area is 181 Å². The Balaban J connectivity index is 1.77. The lowest BCUT2D eigenvalue weighted by atomic mass is 10.0. The van der Waals surface area contributed by atoms with Crippen molar-refractivity contribution >= 4 is 28.8 Å². The minimum absolute atomic E-state index is 0.205. The summed E-state index contributed by atoms with van der Waals surface area (Å²) in [6, 6.07) is 17.9. The fourth-order valence-corrected chi connectivity index (χ4v) is 3.75. The van der Waals surface area contributed by atoms with Crippen molar-refractivity contribution < 1.29 is 14.3 Å². The third-order valence-electron chi connectivity index (χ3n) is 4.78. The molecule has 2 amide bonds. The number of ether oxygens (including phenoxy) is 1. The average Bonchev–Trinajstić information content (AvgIpc) is 3.25. The van der Waals surface area contributed by atoms with Crippen LogP contribution in [-0.2, 0) is 16.0 Å². The van der Waals surface area contributed by atoms with Gasteiger partial charge in [0.2, 0.25) is 5.91 Å². The van der Waals surface area contributed by atoms with Gasteiger partial charge in [0.1, 0.15) is 11.8 Å². The molecule has 6 heteroatoms. The van der Waals surface area contributed by atoms with Crippen LogP contribution in [0.2, 0.25) is 0 Å². The van der Waals surface area contributed by atoms with Crippen LogP contribution in [0.1, 0.15) is 41.8 Å². The van der Waals surface area contributed by atoms with Gasteiger partial charge in [0, 0.05) is 10.6 Å². The van der Waals surface area contributed by atoms with Crippen molar-refractivity contribution in [3.8, 4) is 5.75 Å². The topological polar surface area (TPSA) is 67.4 Å². The first-order valence-electron chi connectivity index (χ1n) is 9.83. The first-order chi connectivity index (χ1) is 14.5. The van der Waals surface area contributed by atoms with E-state index in [1.807, 2.05) is 41.8 Å². The van der Waals surface area contributed by atoms with E-state index >= 15 is 0 Å². The predicted molar refractivity (Wildman–Crippen MR) is 121 cm³/mol. The molecule has 0 spiro atoms. The highest BCUT2D eigenvalue weighted by atomic mass is 32.1. The second kappa shape index (κ2) is 10.1. The second-order valence-corrected chi connectivity index (χ2v) is 8.33. The third-order valence-corrected chi connectivity index (χ3v) is 5.65. The number of thiophene rings is 1. The Bertz CT molecular complexity index is 965. The predicted octanol–water partition coefficient (Wildman–Crippen LogP) is 4.92. The summed E-state index contributed by atoms with van der Waals surface area (Å²) >= 11 is 1.52. The van der Waals surface area contributed by atoms with E-state index in [2.05, 4.69) is 24.5 Å². The fourth-order valence-electron chi connectivity index (χ4n) is 3.05. The van der Waals surface area contributed by atoms with E-state index in [0.29, 0.717) is 22.9 Å². The van der Waals surface area contributed by atoms with Crippen molar-refractivity contribution in [2.24, 2.45) is 0 Å². The van der Waals surface area contributed by atoms with E-state index in [1.54, 1.807) is 31.4 Å². The Hall–Kier alpha value is -3.12. The summed E-state index contributed by atoms with van der Waals surface area (Å²) in [6.45, 7) is 4.24. The van der Waals surface area contributed by atoms with Crippen molar-refractivity contribution in [1.82, 2.24) is 5.32 Å². The number of amides is 2. The van der Waals surface area contributed by atoms with Crippen LogP contribution in [0.5, 0.6) is 5.75 Å². The maximum Gasteiger partial charge on any atom is 0.251 e. The Morgan fingerprint density at radius 3 is 2.20 bits per heavy atom. The number of methoxy groups -OCH3 is 1. The number of rotatable bonds is 8. The second-order valence-electron chi connectivity index (χ2n) is 7.30. The molecule has 156 valence electrons. The molecular formula is C24H26N2O3S. The maximum atomic E-state index is 13.1. The maximum absolute atomic E-state index is 13.1. The van der Waals surface area contributed by atoms with Crippen molar-refractivity contribution in [2.75, 3.05) is 12.4 Å². The van der Waals surface area contributed by atoms with Gasteiger partial charge in [-0.05, 0) is 52.8 Å². The average molecular weight is 423 g/mol.